The van der Waals surface area contributed by atoms with Crippen LogP contribution in [0.25, 0.3) is 0 Å². The molecule has 8 heteroatoms. The van der Waals surface area contributed by atoms with Gasteiger partial charge in [-0.15, -0.1) is 24.0 Å². The fraction of sp³-hybridized carbons (Fsp3) is 0.875. The van der Waals surface area contributed by atoms with Crippen LogP contribution in [0.5, 0.6) is 0 Å². The fourth-order valence-electron chi connectivity index (χ4n) is 2.21. The van der Waals surface area contributed by atoms with Crippen molar-refractivity contribution in [3.8, 4) is 0 Å². The topological polar surface area (TPSA) is 80.4 Å². The van der Waals surface area contributed by atoms with Crippen molar-refractivity contribution < 1.29 is 14.3 Å². The molecule has 7 nitrogen and oxygen atoms in total. The first-order valence-corrected chi connectivity index (χ1v) is 8.33. The summed E-state index contributed by atoms with van der Waals surface area (Å²) in [5.74, 6) is 0.557. The third-order valence-electron chi connectivity index (χ3n) is 3.42. The van der Waals surface area contributed by atoms with E-state index in [1.54, 1.807) is 4.90 Å². The number of hydrogen-bond acceptors (Lipinski definition) is 4. The molecule has 1 saturated heterocycles. The Balaban J connectivity index is 0.00000529. The molecule has 0 unspecified atom stereocenters. The molecule has 0 saturated carbocycles. The molecule has 1 fully saturated rings. The van der Waals surface area contributed by atoms with Crippen LogP contribution in [0.4, 0.5) is 4.79 Å². The van der Waals surface area contributed by atoms with E-state index in [0.717, 1.165) is 19.5 Å². The van der Waals surface area contributed by atoms with Crippen LogP contribution < -0.4 is 5.73 Å². The lowest BCUT2D eigenvalue weighted by Gasteiger charge is -2.30. The number of aliphatic imine (C=N–C) groups is 1. The average molecular weight is 456 g/mol. The number of rotatable bonds is 5. The summed E-state index contributed by atoms with van der Waals surface area (Å²) in [7, 11) is 0. The summed E-state index contributed by atoms with van der Waals surface area (Å²) in [6.45, 7) is 13.7. The Kier molecular flexibility index (Phi) is 10.6. The number of hydrogen-bond donors (Lipinski definition) is 1. The number of guanidine groups is 1. The van der Waals surface area contributed by atoms with Gasteiger partial charge in [0.1, 0.15) is 5.60 Å². The highest BCUT2D eigenvalue weighted by molar-refractivity contribution is 14.0. The molecule has 142 valence electrons. The molecular weight excluding hydrogens is 423 g/mol. The zero-order valence-corrected chi connectivity index (χ0v) is 17.9. The third-order valence-corrected chi connectivity index (χ3v) is 3.42. The minimum atomic E-state index is -0.483. The smallest absolute Gasteiger partial charge is 0.410 e. The van der Waals surface area contributed by atoms with E-state index in [1.807, 2.05) is 39.5 Å². The quantitative estimate of drug-likeness (QED) is 0.297. The third kappa shape index (κ3) is 8.91. The first-order valence-electron chi connectivity index (χ1n) is 8.33. The molecule has 0 aromatic heterocycles. The first-order chi connectivity index (χ1) is 10.7. The lowest BCUT2D eigenvalue weighted by Crippen LogP contribution is -2.45. The van der Waals surface area contributed by atoms with E-state index in [0.29, 0.717) is 32.3 Å². The number of carbonyl (C=O) groups is 1. The molecule has 0 atom stereocenters. The van der Waals surface area contributed by atoms with E-state index in [9.17, 15) is 4.79 Å². The molecule has 1 aliphatic heterocycles. The van der Waals surface area contributed by atoms with Crippen molar-refractivity contribution in [2.45, 2.75) is 52.7 Å². The van der Waals surface area contributed by atoms with E-state index in [4.69, 9.17) is 15.2 Å². The van der Waals surface area contributed by atoms with Gasteiger partial charge in [-0.3, -0.25) is 4.99 Å². The van der Waals surface area contributed by atoms with Gasteiger partial charge in [0.15, 0.2) is 5.96 Å². The number of carbonyl (C=O) groups excluding carboxylic acids is 1. The minimum Gasteiger partial charge on any atom is -0.444 e. The SMILES string of the molecule is CC(C)N(CCCN=C(N)N1CCOCC1)C(=O)OC(C)(C)C.I. The van der Waals surface area contributed by atoms with Crippen LogP contribution in [-0.2, 0) is 9.47 Å². The Morgan fingerprint density at radius 2 is 1.92 bits per heavy atom. The summed E-state index contributed by atoms with van der Waals surface area (Å²) in [6.07, 6.45) is 0.472. The standard InChI is InChI=1S/C16H32N4O3.HI/c1-13(2)20(15(21)23-16(3,4)5)8-6-7-18-14(17)19-9-11-22-12-10-19;/h13H,6-12H2,1-5H3,(H2,17,18);1H. The van der Waals surface area contributed by atoms with Gasteiger partial charge in [0, 0.05) is 32.2 Å². The second-order valence-corrected chi connectivity index (χ2v) is 6.96. The van der Waals surface area contributed by atoms with Crippen molar-refractivity contribution in [1.82, 2.24) is 9.80 Å². The molecule has 2 N–H and O–H groups in total. The van der Waals surface area contributed by atoms with Gasteiger partial charge in [-0.25, -0.2) is 4.79 Å². The van der Waals surface area contributed by atoms with Crippen molar-refractivity contribution in [3.63, 3.8) is 0 Å². The molecule has 0 radical (unpaired) electrons. The maximum atomic E-state index is 12.2. The number of morpholine rings is 1. The highest BCUT2D eigenvalue weighted by Crippen LogP contribution is 2.12. The second-order valence-electron chi connectivity index (χ2n) is 6.96. The maximum Gasteiger partial charge on any atom is 0.410 e. The Labute approximate surface area is 162 Å². The number of nitrogens with two attached hydrogens (primary N) is 1. The van der Waals surface area contributed by atoms with Gasteiger partial charge in [-0.1, -0.05) is 0 Å². The van der Waals surface area contributed by atoms with Crippen LogP contribution in [-0.4, -0.2) is 72.9 Å². The van der Waals surface area contributed by atoms with Gasteiger partial charge in [0.25, 0.3) is 0 Å². The zero-order chi connectivity index (χ0) is 17.5. The fourth-order valence-corrected chi connectivity index (χ4v) is 2.21. The van der Waals surface area contributed by atoms with Crippen LogP contribution in [0.15, 0.2) is 4.99 Å². The normalized spacial score (nSPS) is 15.9. The number of nitrogens with zero attached hydrogens (tertiary/aromatic N) is 3. The van der Waals surface area contributed by atoms with Crippen molar-refractivity contribution in [2.75, 3.05) is 39.4 Å². The van der Waals surface area contributed by atoms with E-state index in [1.165, 1.54) is 0 Å². The van der Waals surface area contributed by atoms with E-state index < -0.39 is 5.60 Å². The van der Waals surface area contributed by atoms with Gasteiger partial charge >= 0.3 is 6.09 Å². The molecule has 0 bridgehead atoms. The Bertz CT molecular complexity index is 405. The molecule has 24 heavy (non-hydrogen) atoms. The molecule has 0 aliphatic carbocycles. The van der Waals surface area contributed by atoms with E-state index in [-0.39, 0.29) is 36.1 Å². The summed E-state index contributed by atoms with van der Waals surface area (Å²) in [4.78, 5) is 20.3. The molecule has 1 amide bonds. The molecule has 0 aromatic carbocycles. The van der Waals surface area contributed by atoms with Crippen molar-refractivity contribution in [2.24, 2.45) is 10.7 Å². The predicted octanol–water partition coefficient (Wildman–Crippen LogP) is 2.29. The maximum absolute atomic E-state index is 12.2. The molecule has 1 aliphatic rings. The zero-order valence-electron chi connectivity index (χ0n) is 15.6. The largest absolute Gasteiger partial charge is 0.444 e. The molecule has 1 rings (SSSR count). The van der Waals surface area contributed by atoms with Crippen LogP contribution in [0.3, 0.4) is 0 Å². The molecule has 1 heterocycles. The van der Waals surface area contributed by atoms with Crippen molar-refractivity contribution >= 4 is 36.0 Å². The van der Waals surface area contributed by atoms with E-state index in [2.05, 4.69) is 4.99 Å². The monoisotopic (exact) mass is 456 g/mol. The summed E-state index contributed by atoms with van der Waals surface area (Å²) < 4.78 is 10.7. The van der Waals surface area contributed by atoms with Crippen LogP contribution in [0, 0.1) is 0 Å². The van der Waals surface area contributed by atoms with Gasteiger partial charge < -0.3 is 25.0 Å². The summed E-state index contributed by atoms with van der Waals surface area (Å²) >= 11 is 0. The minimum absolute atomic E-state index is 0. The second kappa shape index (κ2) is 11.0. The number of halogens is 1. The van der Waals surface area contributed by atoms with Gasteiger partial charge in [-0.05, 0) is 41.0 Å². The van der Waals surface area contributed by atoms with Gasteiger partial charge in [0.05, 0.1) is 13.2 Å². The molecule has 0 aromatic rings. The summed E-state index contributed by atoms with van der Waals surface area (Å²) in [6, 6.07) is 0.0884. The summed E-state index contributed by atoms with van der Waals surface area (Å²) in [5.41, 5.74) is 5.50. The van der Waals surface area contributed by atoms with Crippen LogP contribution in [0.1, 0.15) is 41.0 Å². The Morgan fingerprint density at radius 3 is 2.42 bits per heavy atom. The number of ether oxygens (including phenoxy) is 2. The lowest BCUT2D eigenvalue weighted by atomic mass is 10.2. The van der Waals surface area contributed by atoms with Crippen molar-refractivity contribution in [3.05, 3.63) is 0 Å². The molecule has 0 spiro atoms. The number of amides is 1. The van der Waals surface area contributed by atoms with E-state index >= 15 is 0 Å². The van der Waals surface area contributed by atoms with Gasteiger partial charge in [0.2, 0.25) is 0 Å². The summed E-state index contributed by atoms with van der Waals surface area (Å²) in [5, 5.41) is 0. The predicted molar refractivity (Wildman–Crippen MR) is 107 cm³/mol. The van der Waals surface area contributed by atoms with Gasteiger partial charge in [-0.2, -0.15) is 0 Å². The molecular formula is C16H33IN4O3. The Morgan fingerprint density at radius 1 is 1.33 bits per heavy atom. The van der Waals surface area contributed by atoms with Crippen LogP contribution >= 0.6 is 24.0 Å². The first kappa shape index (κ1) is 23.2. The Hall–Kier alpha value is -0.770. The highest BCUT2D eigenvalue weighted by Gasteiger charge is 2.23. The average Bonchev–Trinajstić information content (AvgIpc) is 2.45. The lowest BCUT2D eigenvalue weighted by molar-refractivity contribution is 0.0190. The highest BCUT2D eigenvalue weighted by atomic mass is 127. The van der Waals surface area contributed by atoms with Crippen molar-refractivity contribution in [1.29, 1.82) is 0 Å². The van der Waals surface area contributed by atoms with Crippen LogP contribution in [0.2, 0.25) is 0 Å².